The lowest BCUT2D eigenvalue weighted by molar-refractivity contribution is 0.194. The molecule has 1 atom stereocenters. The van der Waals surface area contributed by atoms with Crippen molar-refractivity contribution in [1.29, 1.82) is 0 Å². The van der Waals surface area contributed by atoms with Crippen LogP contribution >= 0.6 is 0 Å². The first-order valence-electron chi connectivity index (χ1n) is 8.19. The molecule has 0 saturated heterocycles. The van der Waals surface area contributed by atoms with Crippen LogP contribution in [0.5, 0.6) is 5.75 Å². The van der Waals surface area contributed by atoms with E-state index in [0.29, 0.717) is 5.92 Å². The second kappa shape index (κ2) is 7.88. The van der Waals surface area contributed by atoms with Gasteiger partial charge in [0, 0.05) is 5.69 Å². The Morgan fingerprint density at radius 3 is 2.14 bits per heavy atom. The van der Waals surface area contributed by atoms with Crippen LogP contribution in [0.25, 0.3) is 0 Å². The summed E-state index contributed by atoms with van der Waals surface area (Å²) in [5, 5.41) is 0. The predicted octanol–water partition coefficient (Wildman–Crippen LogP) is 5.39. The van der Waals surface area contributed by atoms with Gasteiger partial charge in [0.1, 0.15) is 11.9 Å². The van der Waals surface area contributed by atoms with Gasteiger partial charge in [-0.2, -0.15) is 0 Å². The predicted molar refractivity (Wildman–Crippen MR) is 94.1 cm³/mol. The SMILES string of the molecule is CCCC(Oc1ccc(N)cc1)c1ccc(CC(C)C)cc1. The normalized spacial score (nSPS) is 12.4. The summed E-state index contributed by atoms with van der Waals surface area (Å²) in [4.78, 5) is 0. The van der Waals surface area contributed by atoms with E-state index in [-0.39, 0.29) is 6.10 Å². The Morgan fingerprint density at radius 1 is 0.955 bits per heavy atom. The third-order valence-corrected chi connectivity index (χ3v) is 3.70. The number of nitrogen functional groups attached to an aromatic ring is 1. The molecule has 22 heavy (non-hydrogen) atoms. The second-order valence-corrected chi connectivity index (χ2v) is 6.30. The lowest BCUT2D eigenvalue weighted by atomic mass is 9.99. The largest absolute Gasteiger partial charge is 0.486 e. The van der Waals surface area contributed by atoms with Crippen LogP contribution in [0, 0.1) is 5.92 Å². The number of ether oxygens (including phenoxy) is 1. The topological polar surface area (TPSA) is 35.2 Å². The second-order valence-electron chi connectivity index (χ2n) is 6.30. The summed E-state index contributed by atoms with van der Waals surface area (Å²) in [6, 6.07) is 16.5. The number of benzene rings is 2. The molecule has 0 heterocycles. The fourth-order valence-corrected chi connectivity index (χ4v) is 2.61. The Bertz CT molecular complexity index is 557. The summed E-state index contributed by atoms with van der Waals surface area (Å²) in [7, 11) is 0. The van der Waals surface area contributed by atoms with E-state index >= 15 is 0 Å². The summed E-state index contributed by atoms with van der Waals surface area (Å²) in [5.41, 5.74) is 9.12. The van der Waals surface area contributed by atoms with E-state index in [2.05, 4.69) is 45.0 Å². The van der Waals surface area contributed by atoms with Crippen LogP contribution in [0.15, 0.2) is 48.5 Å². The van der Waals surface area contributed by atoms with E-state index in [1.807, 2.05) is 24.3 Å². The highest BCUT2D eigenvalue weighted by molar-refractivity contribution is 5.41. The maximum Gasteiger partial charge on any atom is 0.124 e. The summed E-state index contributed by atoms with van der Waals surface area (Å²) < 4.78 is 6.16. The zero-order chi connectivity index (χ0) is 15.9. The number of nitrogens with two attached hydrogens (primary N) is 1. The van der Waals surface area contributed by atoms with Crippen molar-refractivity contribution in [2.45, 2.75) is 46.1 Å². The number of hydrogen-bond acceptors (Lipinski definition) is 2. The first-order chi connectivity index (χ1) is 10.6. The molecule has 0 aromatic heterocycles. The molecule has 0 aliphatic heterocycles. The van der Waals surface area contributed by atoms with Gasteiger partial charge in [0.05, 0.1) is 0 Å². The Morgan fingerprint density at radius 2 is 1.59 bits per heavy atom. The molecule has 1 unspecified atom stereocenters. The van der Waals surface area contributed by atoms with E-state index < -0.39 is 0 Å². The first kappa shape index (κ1) is 16.4. The smallest absolute Gasteiger partial charge is 0.124 e. The molecule has 2 nitrogen and oxygen atoms in total. The minimum Gasteiger partial charge on any atom is -0.486 e. The van der Waals surface area contributed by atoms with Crippen LogP contribution in [0.1, 0.15) is 50.8 Å². The van der Waals surface area contributed by atoms with Crippen molar-refractivity contribution in [3.05, 3.63) is 59.7 Å². The van der Waals surface area contributed by atoms with Gasteiger partial charge in [0.15, 0.2) is 0 Å². The van der Waals surface area contributed by atoms with Gasteiger partial charge in [-0.15, -0.1) is 0 Å². The van der Waals surface area contributed by atoms with Gasteiger partial charge < -0.3 is 10.5 Å². The molecule has 2 heteroatoms. The maximum absolute atomic E-state index is 6.16. The molecule has 2 aromatic rings. The van der Waals surface area contributed by atoms with E-state index in [4.69, 9.17) is 10.5 Å². The molecule has 2 N–H and O–H groups in total. The Balaban J connectivity index is 2.11. The number of hydrogen-bond donors (Lipinski definition) is 1. The molecule has 118 valence electrons. The monoisotopic (exact) mass is 297 g/mol. The van der Waals surface area contributed by atoms with Gasteiger partial charge in [0.2, 0.25) is 0 Å². The van der Waals surface area contributed by atoms with Gasteiger partial charge in [-0.05, 0) is 54.2 Å². The van der Waals surface area contributed by atoms with Crippen LogP contribution in [0.2, 0.25) is 0 Å². The minimum atomic E-state index is 0.0988. The fourth-order valence-electron chi connectivity index (χ4n) is 2.61. The van der Waals surface area contributed by atoms with Crippen molar-refractivity contribution >= 4 is 5.69 Å². The van der Waals surface area contributed by atoms with Gasteiger partial charge in [-0.1, -0.05) is 51.5 Å². The standard InChI is InChI=1S/C20H27NO/c1-4-5-20(22-19-12-10-18(21)11-13-19)17-8-6-16(7-9-17)14-15(2)3/h6-13,15,20H,4-5,14,21H2,1-3H3. The van der Waals surface area contributed by atoms with Crippen molar-refractivity contribution in [1.82, 2.24) is 0 Å². The van der Waals surface area contributed by atoms with Crippen LogP contribution < -0.4 is 10.5 Å². The highest BCUT2D eigenvalue weighted by Crippen LogP contribution is 2.27. The highest BCUT2D eigenvalue weighted by Gasteiger charge is 2.12. The quantitative estimate of drug-likeness (QED) is 0.696. The van der Waals surface area contributed by atoms with Gasteiger partial charge in [0.25, 0.3) is 0 Å². The highest BCUT2D eigenvalue weighted by atomic mass is 16.5. The van der Waals surface area contributed by atoms with Crippen LogP contribution in [0.3, 0.4) is 0 Å². The average Bonchev–Trinajstić information content (AvgIpc) is 2.49. The Kier molecular flexibility index (Phi) is 5.88. The van der Waals surface area contributed by atoms with Gasteiger partial charge in [-0.25, -0.2) is 0 Å². The third-order valence-electron chi connectivity index (χ3n) is 3.70. The molecule has 0 bridgehead atoms. The van der Waals surface area contributed by atoms with Gasteiger partial charge >= 0.3 is 0 Å². The molecule has 0 amide bonds. The molecular formula is C20H27NO. The molecule has 0 aliphatic carbocycles. The zero-order valence-corrected chi connectivity index (χ0v) is 13.9. The molecule has 0 radical (unpaired) electrons. The number of rotatable bonds is 7. The Labute approximate surface area is 134 Å². The van der Waals surface area contributed by atoms with Crippen molar-refractivity contribution in [3.8, 4) is 5.75 Å². The average molecular weight is 297 g/mol. The third kappa shape index (κ3) is 4.80. The maximum atomic E-state index is 6.16. The lowest BCUT2D eigenvalue weighted by Crippen LogP contribution is -2.08. The van der Waals surface area contributed by atoms with E-state index in [9.17, 15) is 0 Å². The summed E-state index contributed by atoms with van der Waals surface area (Å²) in [6.45, 7) is 6.68. The molecule has 0 saturated carbocycles. The van der Waals surface area contributed by atoms with E-state index in [0.717, 1.165) is 30.7 Å². The molecule has 0 spiro atoms. The summed E-state index contributed by atoms with van der Waals surface area (Å²) in [5.74, 6) is 1.56. The Hall–Kier alpha value is -1.96. The first-order valence-corrected chi connectivity index (χ1v) is 8.19. The fraction of sp³-hybridized carbons (Fsp3) is 0.400. The van der Waals surface area contributed by atoms with Crippen molar-refractivity contribution in [2.75, 3.05) is 5.73 Å². The van der Waals surface area contributed by atoms with Crippen LogP contribution in [0.4, 0.5) is 5.69 Å². The molecule has 0 fully saturated rings. The van der Waals surface area contributed by atoms with E-state index in [1.54, 1.807) is 0 Å². The van der Waals surface area contributed by atoms with E-state index in [1.165, 1.54) is 11.1 Å². The van der Waals surface area contributed by atoms with Crippen LogP contribution in [-0.2, 0) is 6.42 Å². The van der Waals surface area contributed by atoms with Crippen molar-refractivity contribution in [2.24, 2.45) is 5.92 Å². The molecule has 2 aromatic carbocycles. The molecule has 0 aliphatic rings. The van der Waals surface area contributed by atoms with Crippen LogP contribution in [-0.4, -0.2) is 0 Å². The van der Waals surface area contributed by atoms with Gasteiger partial charge in [-0.3, -0.25) is 0 Å². The summed E-state index contributed by atoms with van der Waals surface area (Å²) >= 11 is 0. The zero-order valence-electron chi connectivity index (χ0n) is 13.9. The molecular weight excluding hydrogens is 270 g/mol. The minimum absolute atomic E-state index is 0.0988. The number of anilines is 1. The van der Waals surface area contributed by atoms with Crippen molar-refractivity contribution < 1.29 is 4.74 Å². The molecule has 2 rings (SSSR count). The summed E-state index contributed by atoms with van der Waals surface area (Å²) in [6.07, 6.45) is 3.32. The lowest BCUT2D eigenvalue weighted by Gasteiger charge is -2.20. The van der Waals surface area contributed by atoms with Crippen molar-refractivity contribution in [3.63, 3.8) is 0 Å².